The number of carboxylic acid groups (broad SMARTS) is 1. The van der Waals surface area contributed by atoms with Crippen molar-refractivity contribution in [2.24, 2.45) is 0 Å². The van der Waals surface area contributed by atoms with Crippen LogP contribution in [0.2, 0.25) is 0 Å². The van der Waals surface area contributed by atoms with Gasteiger partial charge < -0.3 is 20.1 Å². The van der Waals surface area contributed by atoms with Gasteiger partial charge >= 0.3 is 5.97 Å². The van der Waals surface area contributed by atoms with E-state index < -0.39 is 30.9 Å². The number of carboxylic acids is 1. The molecule has 6 nitrogen and oxygen atoms in total. The molecule has 0 atom stereocenters. The number of carbonyl (C=O) groups excluding carboxylic acids is 1. The van der Waals surface area contributed by atoms with Gasteiger partial charge in [-0.15, -0.1) is 0 Å². The highest BCUT2D eigenvalue weighted by atomic mass is 19.1. The van der Waals surface area contributed by atoms with Gasteiger partial charge in [0, 0.05) is 18.8 Å². The van der Waals surface area contributed by atoms with E-state index in [0.717, 1.165) is 0 Å². The Morgan fingerprint density at radius 2 is 2.05 bits per heavy atom. The number of aliphatic carboxylic acids is 1. The number of nitrogens with zero attached hydrogens (tertiary/aromatic N) is 1. The summed E-state index contributed by atoms with van der Waals surface area (Å²) in [4.78, 5) is 23.5. The van der Waals surface area contributed by atoms with Gasteiger partial charge in [0.2, 0.25) is 5.91 Å². The fourth-order valence-electron chi connectivity index (χ4n) is 1.58. The number of halogens is 1. The molecule has 0 fully saturated rings. The molecule has 7 heteroatoms. The van der Waals surface area contributed by atoms with Crippen LogP contribution in [0, 0.1) is 5.82 Å². The molecule has 1 amide bonds. The van der Waals surface area contributed by atoms with E-state index in [1.54, 1.807) is 24.1 Å². The maximum absolute atomic E-state index is 14.0. The van der Waals surface area contributed by atoms with E-state index in [4.69, 9.17) is 5.11 Å². The molecule has 1 aromatic carbocycles. The van der Waals surface area contributed by atoms with Crippen molar-refractivity contribution in [3.63, 3.8) is 0 Å². The van der Waals surface area contributed by atoms with Gasteiger partial charge in [0.15, 0.2) is 0 Å². The quantitative estimate of drug-likeness (QED) is 0.801. The Labute approximate surface area is 122 Å². The van der Waals surface area contributed by atoms with E-state index >= 15 is 0 Å². The summed E-state index contributed by atoms with van der Waals surface area (Å²) in [5.74, 6) is -2.15. The zero-order chi connectivity index (χ0) is 16.0. The third kappa shape index (κ3) is 5.39. The molecular formula is C14H19FN2O4. The highest BCUT2D eigenvalue weighted by molar-refractivity contribution is 5.92. The van der Waals surface area contributed by atoms with E-state index in [9.17, 15) is 14.0 Å². The Balaban J connectivity index is 2.63. The molecule has 0 aliphatic heterocycles. The van der Waals surface area contributed by atoms with Crippen LogP contribution in [0.3, 0.4) is 0 Å². The average Bonchev–Trinajstić information content (AvgIpc) is 2.37. The monoisotopic (exact) mass is 298 g/mol. The van der Waals surface area contributed by atoms with Crippen LogP contribution in [0.5, 0.6) is 0 Å². The molecule has 0 spiro atoms. The van der Waals surface area contributed by atoms with Crippen molar-refractivity contribution in [2.45, 2.75) is 19.9 Å². The van der Waals surface area contributed by atoms with E-state index in [1.165, 1.54) is 6.07 Å². The summed E-state index contributed by atoms with van der Waals surface area (Å²) in [6.07, 6.45) is 0. The van der Waals surface area contributed by atoms with Crippen LogP contribution in [-0.2, 0) is 14.3 Å². The molecule has 0 saturated carbocycles. The first kappa shape index (κ1) is 16.9. The highest BCUT2D eigenvalue weighted by Gasteiger charge is 2.12. The van der Waals surface area contributed by atoms with Crippen LogP contribution in [-0.4, -0.2) is 43.3 Å². The lowest BCUT2D eigenvalue weighted by Gasteiger charge is -2.24. The van der Waals surface area contributed by atoms with E-state index in [-0.39, 0.29) is 11.7 Å². The van der Waals surface area contributed by atoms with Crippen molar-refractivity contribution in [3.05, 3.63) is 24.0 Å². The second-order valence-corrected chi connectivity index (χ2v) is 4.81. The molecule has 0 aromatic heterocycles. The Bertz CT molecular complexity index is 520. The molecular weight excluding hydrogens is 279 g/mol. The number of hydrogen-bond donors (Lipinski definition) is 2. The van der Waals surface area contributed by atoms with E-state index in [0.29, 0.717) is 5.69 Å². The molecule has 1 rings (SSSR count). The summed E-state index contributed by atoms with van der Waals surface area (Å²) in [6, 6.07) is 4.50. The summed E-state index contributed by atoms with van der Waals surface area (Å²) in [5, 5.41) is 10.8. The third-order valence-electron chi connectivity index (χ3n) is 2.84. The predicted octanol–water partition coefficient (Wildman–Crippen LogP) is 1.71. The molecule has 21 heavy (non-hydrogen) atoms. The summed E-state index contributed by atoms with van der Waals surface area (Å²) in [6.45, 7) is 2.92. The number of nitrogens with one attached hydrogen (secondary N) is 1. The Hall–Kier alpha value is -2.15. The van der Waals surface area contributed by atoms with Crippen molar-refractivity contribution in [3.8, 4) is 0 Å². The smallest absolute Gasteiger partial charge is 0.329 e. The maximum atomic E-state index is 14.0. The van der Waals surface area contributed by atoms with Gasteiger partial charge in [0.1, 0.15) is 19.0 Å². The zero-order valence-corrected chi connectivity index (χ0v) is 12.2. The summed E-state index contributed by atoms with van der Waals surface area (Å²) >= 11 is 0. The molecule has 0 bridgehead atoms. The third-order valence-corrected chi connectivity index (χ3v) is 2.84. The summed E-state index contributed by atoms with van der Waals surface area (Å²) in [5.41, 5.74) is 0.724. The first-order valence-electron chi connectivity index (χ1n) is 6.43. The fourth-order valence-corrected chi connectivity index (χ4v) is 1.58. The minimum Gasteiger partial charge on any atom is -0.480 e. The SMILES string of the molecule is CC(C)N(C)c1ccc(NC(=O)COCC(=O)O)cc1F. The zero-order valence-electron chi connectivity index (χ0n) is 12.2. The standard InChI is InChI=1S/C14H19FN2O4/c1-9(2)17(3)12-5-4-10(6-11(12)15)16-13(18)7-21-8-14(19)20/h4-6,9H,7-8H2,1-3H3,(H,16,18)(H,19,20). The van der Waals surface area contributed by atoms with Crippen molar-refractivity contribution in [1.29, 1.82) is 0 Å². The van der Waals surface area contributed by atoms with Crippen LogP contribution in [0.25, 0.3) is 0 Å². The van der Waals surface area contributed by atoms with Gasteiger partial charge in [-0.05, 0) is 32.0 Å². The number of benzene rings is 1. The maximum Gasteiger partial charge on any atom is 0.329 e. The first-order chi connectivity index (χ1) is 9.81. The Kier molecular flexibility index (Phi) is 6.10. The number of amides is 1. The molecule has 0 unspecified atom stereocenters. The topological polar surface area (TPSA) is 78.9 Å². The normalized spacial score (nSPS) is 10.5. The van der Waals surface area contributed by atoms with Crippen molar-refractivity contribution in [1.82, 2.24) is 0 Å². The lowest BCUT2D eigenvalue weighted by atomic mass is 10.2. The largest absolute Gasteiger partial charge is 0.480 e. The van der Waals surface area contributed by atoms with Gasteiger partial charge in [-0.1, -0.05) is 0 Å². The molecule has 0 heterocycles. The number of ether oxygens (including phenoxy) is 1. The van der Waals surface area contributed by atoms with Gasteiger partial charge in [-0.3, -0.25) is 4.79 Å². The molecule has 0 aliphatic carbocycles. The van der Waals surface area contributed by atoms with Crippen molar-refractivity contribution < 1.29 is 23.8 Å². The summed E-state index contributed by atoms with van der Waals surface area (Å²) in [7, 11) is 1.78. The minimum atomic E-state index is -1.16. The molecule has 116 valence electrons. The van der Waals surface area contributed by atoms with Crippen LogP contribution in [0.15, 0.2) is 18.2 Å². The average molecular weight is 298 g/mol. The lowest BCUT2D eigenvalue weighted by Crippen LogP contribution is -2.26. The van der Waals surface area contributed by atoms with E-state index in [2.05, 4.69) is 10.1 Å². The van der Waals surface area contributed by atoms with Crippen LogP contribution in [0.1, 0.15) is 13.8 Å². The van der Waals surface area contributed by atoms with Crippen LogP contribution >= 0.6 is 0 Å². The molecule has 1 aromatic rings. The fraction of sp³-hybridized carbons (Fsp3) is 0.429. The minimum absolute atomic E-state index is 0.143. The molecule has 2 N–H and O–H groups in total. The van der Waals surface area contributed by atoms with Crippen LogP contribution in [0.4, 0.5) is 15.8 Å². The number of anilines is 2. The highest BCUT2D eigenvalue weighted by Crippen LogP contribution is 2.23. The number of carbonyl (C=O) groups is 2. The second-order valence-electron chi connectivity index (χ2n) is 4.81. The van der Waals surface area contributed by atoms with Gasteiger partial charge in [-0.2, -0.15) is 0 Å². The molecule has 0 saturated heterocycles. The number of hydrogen-bond acceptors (Lipinski definition) is 4. The lowest BCUT2D eigenvalue weighted by molar-refractivity contribution is -0.143. The Morgan fingerprint density at radius 3 is 2.57 bits per heavy atom. The van der Waals surface area contributed by atoms with Crippen molar-refractivity contribution in [2.75, 3.05) is 30.5 Å². The molecule has 0 radical (unpaired) electrons. The van der Waals surface area contributed by atoms with E-state index in [1.807, 2.05) is 13.8 Å². The van der Waals surface area contributed by atoms with Crippen molar-refractivity contribution >= 4 is 23.3 Å². The first-order valence-corrected chi connectivity index (χ1v) is 6.43. The summed E-state index contributed by atoms with van der Waals surface area (Å²) < 4.78 is 18.6. The second kappa shape index (κ2) is 7.58. The van der Waals surface area contributed by atoms with Crippen LogP contribution < -0.4 is 10.2 Å². The predicted molar refractivity (Wildman–Crippen MR) is 77.0 cm³/mol. The van der Waals surface area contributed by atoms with Gasteiger partial charge in [0.25, 0.3) is 0 Å². The van der Waals surface area contributed by atoms with Gasteiger partial charge in [-0.25, -0.2) is 9.18 Å². The van der Waals surface area contributed by atoms with Gasteiger partial charge in [0.05, 0.1) is 5.69 Å². The number of rotatable bonds is 7. The Morgan fingerprint density at radius 1 is 1.38 bits per heavy atom. The molecule has 0 aliphatic rings.